The molecule has 1 N–H and O–H groups in total. The van der Waals surface area contributed by atoms with E-state index < -0.39 is 11.9 Å². The first-order valence-electron chi connectivity index (χ1n) is 9.40. The van der Waals surface area contributed by atoms with Crippen LogP contribution in [0.25, 0.3) is 11.3 Å². The summed E-state index contributed by atoms with van der Waals surface area (Å²) in [6, 6.07) is 13.1. The zero-order valence-corrected chi connectivity index (χ0v) is 17.3. The van der Waals surface area contributed by atoms with E-state index in [0.717, 1.165) is 11.6 Å². The van der Waals surface area contributed by atoms with E-state index in [0.29, 0.717) is 35.8 Å². The fourth-order valence-corrected chi connectivity index (χ4v) is 3.02. The molecule has 0 unspecified atom stereocenters. The number of alkyl halides is 3. The third-order valence-corrected chi connectivity index (χ3v) is 4.54. The highest BCUT2D eigenvalue weighted by molar-refractivity contribution is 5.68. The maximum absolute atomic E-state index is 13.4. The number of nitrogens with zero attached hydrogens (tertiary/aromatic N) is 2. The van der Waals surface area contributed by atoms with Gasteiger partial charge in [-0.05, 0) is 42.3 Å². The van der Waals surface area contributed by atoms with E-state index in [9.17, 15) is 13.2 Å². The van der Waals surface area contributed by atoms with Crippen LogP contribution in [0, 0.1) is 0 Å². The molecule has 0 atom stereocenters. The normalized spacial score (nSPS) is 11.2. The van der Waals surface area contributed by atoms with Crippen LogP contribution in [0.15, 0.2) is 48.5 Å². The van der Waals surface area contributed by atoms with Crippen molar-refractivity contribution in [3.05, 3.63) is 59.8 Å². The minimum atomic E-state index is -4.61. The lowest BCUT2D eigenvalue weighted by Crippen LogP contribution is -2.14. The van der Waals surface area contributed by atoms with E-state index in [4.69, 9.17) is 14.2 Å². The second kappa shape index (κ2) is 9.55. The van der Waals surface area contributed by atoms with Gasteiger partial charge in [-0.3, -0.25) is 0 Å². The lowest BCUT2D eigenvalue weighted by Gasteiger charge is -2.14. The van der Waals surface area contributed by atoms with Gasteiger partial charge in [-0.15, -0.1) is 0 Å². The van der Waals surface area contributed by atoms with Crippen molar-refractivity contribution in [3.63, 3.8) is 0 Å². The zero-order chi connectivity index (χ0) is 22.4. The number of anilines is 1. The molecule has 2 aromatic carbocycles. The number of hydrogen-bond acceptors (Lipinski definition) is 6. The van der Waals surface area contributed by atoms with Gasteiger partial charge in [0.25, 0.3) is 0 Å². The Labute approximate surface area is 178 Å². The molecule has 0 aliphatic rings. The van der Waals surface area contributed by atoms with Crippen LogP contribution >= 0.6 is 0 Å². The molecule has 3 aromatic rings. The van der Waals surface area contributed by atoms with Crippen molar-refractivity contribution in [2.45, 2.75) is 12.6 Å². The largest absolute Gasteiger partial charge is 0.496 e. The van der Waals surface area contributed by atoms with Crippen LogP contribution in [-0.2, 0) is 12.6 Å². The number of halogens is 3. The fourth-order valence-electron chi connectivity index (χ4n) is 3.02. The smallest absolute Gasteiger partial charge is 0.433 e. The van der Waals surface area contributed by atoms with Crippen molar-refractivity contribution in [2.75, 3.05) is 33.2 Å². The van der Waals surface area contributed by atoms with Gasteiger partial charge in [0.05, 0.1) is 27.0 Å². The molecule has 0 saturated heterocycles. The van der Waals surface area contributed by atoms with Crippen molar-refractivity contribution in [1.82, 2.24) is 9.97 Å². The molecule has 31 heavy (non-hydrogen) atoms. The van der Waals surface area contributed by atoms with Gasteiger partial charge in [0.2, 0.25) is 5.95 Å². The molecule has 3 rings (SSSR count). The van der Waals surface area contributed by atoms with Gasteiger partial charge in [-0.1, -0.05) is 18.2 Å². The monoisotopic (exact) mass is 433 g/mol. The molecule has 0 aliphatic carbocycles. The van der Waals surface area contributed by atoms with Crippen molar-refractivity contribution >= 4 is 5.95 Å². The molecule has 164 valence electrons. The molecule has 0 spiro atoms. The van der Waals surface area contributed by atoms with Gasteiger partial charge in [0, 0.05) is 12.1 Å². The van der Waals surface area contributed by atoms with Crippen LogP contribution < -0.4 is 19.5 Å². The number of nitrogens with one attached hydrogen (secondary N) is 1. The Kier molecular flexibility index (Phi) is 6.84. The van der Waals surface area contributed by atoms with E-state index in [2.05, 4.69) is 15.3 Å². The second-order valence-electron chi connectivity index (χ2n) is 6.53. The number of hydrogen-bond donors (Lipinski definition) is 1. The second-order valence-corrected chi connectivity index (χ2v) is 6.53. The zero-order valence-electron chi connectivity index (χ0n) is 17.3. The average molecular weight is 433 g/mol. The van der Waals surface area contributed by atoms with E-state index in [1.54, 1.807) is 37.4 Å². The number of para-hydroxylation sites is 1. The third-order valence-electron chi connectivity index (χ3n) is 4.54. The molecule has 0 aliphatic heterocycles. The predicted octanol–water partition coefficient (Wildman–Crippen LogP) is 4.84. The van der Waals surface area contributed by atoms with Crippen LogP contribution in [0.5, 0.6) is 17.2 Å². The van der Waals surface area contributed by atoms with Gasteiger partial charge in [-0.2, -0.15) is 13.2 Å². The summed E-state index contributed by atoms with van der Waals surface area (Å²) < 4.78 is 56.0. The van der Waals surface area contributed by atoms with Gasteiger partial charge >= 0.3 is 6.18 Å². The van der Waals surface area contributed by atoms with Crippen molar-refractivity contribution in [3.8, 4) is 28.5 Å². The molecule has 0 saturated carbocycles. The van der Waals surface area contributed by atoms with E-state index >= 15 is 0 Å². The summed E-state index contributed by atoms with van der Waals surface area (Å²) in [5.74, 6) is 1.48. The summed E-state index contributed by atoms with van der Waals surface area (Å²) >= 11 is 0. The van der Waals surface area contributed by atoms with Crippen LogP contribution in [0.4, 0.5) is 19.1 Å². The molecule has 1 heterocycles. The summed E-state index contributed by atoms with van der Waals surface area (Å²) in [4.78, 5) is 7.92. The molecule has 0 radical (unpaired) electrons. The average Bonchev–Trinajstić information content (AvgIpc) is 2.78. The summed E-state index contributed by atoms with van der Waals surface area (Å²) in [6.07, 6.45) is -4.09. The van der Waals surface area contributed by atoms with Crippen LogP contribution in [0.3, 0.4) is 0 Å². The molecule has 0 fully saturated rings. The van der Waals surface area contributed by atoms with Crippen LogP contribution in [0.2, 0.25) is 0 Å². The van der Waals surface area contributed by atoms with Gasteiger partial charge in [0.1, 0.15) is 5.75 Å². The van der Waals surface area contributed by atoms with E-state index in [1.807, 2.05) is 12.1 Å². The molecular formula is C22H22F3N3O3. The third kappa shape index (κ3) is 5.36. The highest BCUT2D eigenvalue weighted by Gasteiger charge is 2.34. The van der Waals surface area contributed by atoms with Crippen LogP contribution in [-0.4, -0.2) is 37.8 Å². The lowest BCUT2D eigenvalue weighted by atomic mass is 10.1. The Morgan fingerprint density at radius 1 is 0.839 bits per heavy atom. The summed E-state index contributed by atoms with van der Waals surface area (Å²) in [5, 5.41) is 2.88. The first-order chi connectivity index (χ1) is 14.9. The van der Waals surface area contributed by atoms with E-state index in [1.165, 1.54) is 14.2 Å². The Hall–Kier alpha value is -3.49. The molecule has 6 nitrogen and oxygen atoms in total. The fraction of sp³-hybridized carbons (Fsp3) is 0.273. The maximum atomic E-state index is 13.4. The standard InChI is InChI=1S/C22H22F3N3O3/c1-29-17-7-5-4-6-15(17)16-13-20(22(23,24)25)28-21(27-16)26-11-10-14-8-9-18(30-2)19(12-14)31-3/h4-9,12-13H,10-11H2,1-3H3,(H,26,27,28). The first kappa shape index (κ1) is 22.2. The van der Waals surface area contributed by atoms with Crippen molar-refractivity contribution in [2.24, 2.45) is 0 Å². The van der Waals surface area contributed by atoms with Crippen molar-refractivity contribution in [1.29, 1.82) is 0 Å². The van der Waals surface area contributed by atoms with Gasteiger partial charge < -0.3 is 19.5 Å². The van der Waals surface area contributed by atoms with Crippen molar-refractivity contribution < 1.29 is 27.4 Å². The Balaban J connectivity index is 1.84. The molecular weight excluding hydrogens is 411 g/mol. The minimum absolute atomic E-state index is 0.115. The number of aromatic nitrogens is 2. The Morgan fingerprint density at radius 3 is 2.23 bits per heavy atom. The highest BCUT2D eigenvalue weighted by Crippen LogP contribution is 2.34. The molecule has 0 amide bonds. The summed E-state index contributed by atoms with van der Waals surface area (Å²) in [5.41, 5.74) is 0.452. The molecule has 0 bridgehead atoms. The SMILES string of the molecule is COc1ccc(CCNc2nc(-c3ccccc3OC)cc(C(F)(F)F)n2)cc1OC. The molecule has 1 aromatic heterocycles. The Bertz CT molecular complexity index is 1040. The number of methoxy groups -OCH3 is 3. The number of rotatable bonds is 8. The quantitative estimate of drug-likeness (QED) is 0.548. The maximum Gasteiger partial charge on any atom is 0.433 e. The number of ether oxygens (including phenoxy) is 3. The predicted molar refractivity (Wildman–Crippen MR) is 111 cm³/mol. The summed E-state index contributed by atoms with van der Waals surface area (Å²) in [6.45, 7) is 0.322. The topological polar surface area (TPSA) is 65.5 Å². The Morgan fingerprint density at radius 2 is 1.55 bits per heavy atom. The minimum Gasteiger partial charge on any atom is -0.496 e. The first-order valence-corrected chi connectivity index (χ1v) is 9.40. The lowest BCUT2D eigenvalue weighted by molar-refractivity contribution is -0.141. The molecule has 9 heteroatoms. The van der Waals surface area contributed by atoms with Gasteiger partial charge in [0.15, 0.2) is 17.2 Å². The summed E-state index contributed by atoms with van der Waals surface area (Å²) in [7, 11) is 4.53. The van der Waals surface area contributed by atoms with Gasteiger partial charge in [-0.25, -0.2) is 9.97 Å². The van der Waals surface area contributed by atoms with Crippen LogP contribution in [0.1, 0.15) is 11.3 Å². The van der Waals surface area contributed by atoms with E-state index in [-0.39, 0.29) is 11.6 Å². The highest BCUT2D eigenvalue weighted by atomic mass is 19.4. The number of benzene rings is 2.